The summed E-state index contributed by atoms with van der Waals surface area (Å²) in [7, 11) is 0. The van der Waals surface area contributed by atoms with Gasteiger partial charge in [-0.15, -0.1) is 0 Å². The highest BCUT2D eigenvalue weighted by molar-refractivity contribution is 5.96. The number of hydrogen-bond acceptors (Lipinski definition) is 4. The van der Waals surface area contributed by atoms with Gasteiger partial charge in [0.05, 0.1) is 17.8 Å². The molecule has 0 amide bonds. The average molecular weight is 400 g/mol. The van der Waals surface area contributed by atoms with Crippen molar-refractivity contribution in [3.8, 4) is 0 Å². The number of rotatable bonds is 6. The van der Waals surface area contributed by atoms with Crippen LogP contribution < -0.4 is 0 Å². The van der Waals surface area contributed by atoms with E-state index in [0.717, 1.165) is 5.56 Å². The maximum atomic E-state index is 12.7. The largest absolute Gasteiger partial charge is 0.459 e. The normalized spacial score (nSPS) is 21.0. The van der Waals surface area contributed by atoms with Crippen LogP contribution in [0.15, 0.2) is 91.0 Å². The van der Waals surface area contributed by atoms with Crippen molar-refractivity contribution in [2.45, 2.75) is 37.6 Å². The van der Waals surface area contributed by atoms with Crippen LogP contribution in [0.3, 0.4) is 0 Å². The van der Waals surface area contributed by atoms with Crippen LogP contribution in [0, 0.1) is 0 Å². The van der Waals surface area contributed by atoms with Gasteiger partial charge in [-0.2, -0.15) is 0 Å². The number of hydrogen-bond donors (Lipinski definition) is 0. The van der Waals surface area contributed by atoms with Crippen molar-refractivity contribution < 1.29 is 19.1 Å². The van der Waals surface area contributed by atoms with Crippen molar-refractivity contribution in [1.29, 1.82) is 0 Å². The lowest BCUT2D eigenvalue weighted by atomic mass is 9.93. The molecular weight excluding hydrogens is 376 g/mol. The van der Waals surface area contributed by atoms with E-state index in [1.54, 1.807) is 12.1 Å². The summed E-state index contributed by atoms with van der Waals surface area (Å²) >= 11 is 0. The predicted octanol–water partition coefficient (Wildman–Crippen LogP) is 5.41. The summed E-state index contributed by atoms with van der Waals surface area (Å²) in [6, 6.07) is 28.1. The molecule has 4 nitrogen and oxygen atoms in total. The van der Waals surface area contributed by atoms with Gasteiger partial charge in [0.25, 0.3) is 0 Å². The fourth-order valence-corrected chi connectivity index (χ4v) is 3.82. The first-order chi connectivity index (χ1) is 14.7. The Balaban J connectivity index is 1.50. The monoisotopic (exact) mass is 400 g/mol. The molecule has 1 aliphatic heterocycles. The maximum Gasteiger partial charge on any atom is 0.338 e. The molecule has 3 atom stereocenters. The van der Waals surface area contributed by atoms with E-state index in [1.807, 2.05) is 78.9 Å². The van der Waals surface area contributed by atoms with E-state index in [4.69, 9.17) is 9.47 Å². The van der Waals surface area contributed by atoms with Gasteiger partial charge < -0.3 is 9.47 Å². The smallest absolute Gasteiger partial charge is 0.338 e. The highest BCUT2D eigenvalue weighted by atomic mass is 16.6. The Bertz CT molecular complexity index is 908. The van der Waals surface area contributed by atoms with Gasteiger partial charge >= 0.3 is 5.97 Å². The van der Waals surface area contributed by atoms with Gasteiger partial charge in [0.1, 0.15) is 6.10 Å². The van der Waals surface area contributed by atoms with Gasteiger partial charge in [-0.05, 0) is 17.7 Å². The van der Waals surface area contributed by atoms with E-state index in [1.165, 1.54) is 0 Å². The van der Waals surface area contributed by atoms with Crippen LogP contribution in [-0.2, 0) is 9.47 Å². The number of carbonyl (C=O) groups excluding carboxylic acids is 2. The van der Waals surface area contributed by atoms with Crippen LogP contribution in [0.1, 0.15) is 51.6 Å². The molecule has 1 saturated heterocycles. The predicted molar refractivity (Wildman–Crippen MR) is 114 cm³/mol. The molecule has 1 fully saturated rings. The van der Waals surface area contributed by atoms with Crippen molar-refractivity contribution in [2.24, 2.45) is 0 Å². The Morgan fingerprint density at radius 1 is 0.767 bits per heavy atom. The fraction of sp³-hybridized carbons (Fsp3) is 0.231. The quantitative estimate of drug-likeness (QED) is 0.410. The second-order valence-electron chi connectivity index (χ2n) is 7.52. The van der Waals surface area contributed by atoms with E-state index in [0.29, 0.717) is 24.0 Å². The van der Waals surface area contributed by atoms with E-state index >= 15 is 0 Å². The van der Waals surface area contributed by atoms with E-state index < -0.39 is 0 Å². The standard InChI is InChI=1S/C26H24O4/c27-24(19-10-4-1-5-11-19)17-22-16-23(30-26(28)21-14-8-3-9-15-21)18-25(29-22)20-12-6-2-7-13-20/h1-15,22-23,25H,16-18H2/t22-,23+,25+/m1/s1. The Hall–Kier alpha value is -3.24. The molecular formula is C26H24O4. The van der Waals surface area contributed by atoms with Gasteiger partial charge in [-0.3, -0.25) is 4.79 Å². The molecule has 0 N–H and O–H groups in total. The minimum absolute atomic E-state index is 0.0300. The van der Waals surface area contributed by atoms with E-state index in [-0.39, 0.29) is 36.5 Å². The Morgan fingerprint density at radius 3 is 1.97 bits per heavy atom. The molecule has 0 radical (unpaired) electrons. The van der Waals surface area contributed by atoms with Crippen LogP contribution >= 0.6 is 0 Å². The molecule has 3 aromatic rings. The van der Waals surface area contributed by atoms with Crippen molar-refractivity contribution in [3.63, 3.8) is 0 Å². The first kappa shape index (κ1) is 20.0. The molecule has 0 spiro atoms. The number of Topliss-reactive ketones (excluding diaryl/α,β-unsaturated/α-hetero) is 1. The SMILES string of the molecule is O=C(C[C@H]1C[C@H](OC(=O)c2ccccc2)C[C@@H](c2ccccc2)O1)c1ccccc1. The average Bonchev–Trinajstić information content (AvgIpc) is 2.80. The summed E-state index contributed by atoms with van der Waals surface area (Å²) in [4.78, 5) is 25.3. The maximum absolute atomic E-state index is 12.7. The van der Waals surface area contributed by atoms with Gasteiger partial charge in [-0.25, -0.2) is 4.79 Å². The summed E-state index contributed by atoms with van der Waals surface area (Å²) in [6.07, 6.45) is 0.476. The van der Waals surface area contributed by atoms with Gasteiger partial charge in [0.15, 0.2) is 5.78 Å². The van der Waals surface area contributed by atoms with Crippen LogP contribution in [0.25, 0.3) is 0 Å². The molecule has 0 bridgehead atoms. The number of benzene rings is 3. The van der Waals surface area contributed by atoms with Crippen molar-refractivity contribution in [3.05, 3.63) is 108 Å². The number of ether oxygens (including phenoxy) is 2. The second kappa shape index (κ2) is 9.51. The molecule has 0 saturated carbocycles. The summed E-state index contributed by atoms with van der Waals surface area (Å²) in [5.41, 5.74) is 2.22. The minimum Gasteiger partial charge on any atom is -0.459 e. The zero-order chi connectivity index (χ0) is 20.8. The van der Waals surface area contributed by atoms with Crippen molar-refractivity contribution in [1.82, 2.24) is 0 Å². The highest BCUT2D eigenvalue weighted by Crippen LogP contribution is 2.34. The third-order valence-electron chi connectivity index (χ3n) is 5.32. The van der Waals surface area contributed by atoms with Crippen LogP contribution in [0.5, 0.6) is 0 Å². The number of ketones is 1. The van der Waals surface area contributed by atoms with E-state index in [9.17, 15) is 9.59 Å². The molecule has 4 rings (SSSR count). The summed E-state index contributed by atoms with van der Waals surface area (Å²) in [5, 5.41) is 0. The van der Waals surface area contributed by atoms with Gasteiger partial charge in [0, 0.05) is 24.8 Å². The first-order valence-electron chi connectivity index (χ1n) is 10.2. The van der Waals surface area contributed by atoms with Crippen molar-refractivity contribution in [2.75, 3.05) is 0 Å². The molecule has 152 valence electrons. The molecule has 1 heterocycles. The Kier molecular flexibility index (Phi) is 6.35. The molecule has 0 unspecified atom stereocenters. The molecule has 3 aromatic carbocycles. The van der Waals surface area contributed by atoms with Crippen LogP contribution in [-0.4, -0.2) is 24.0 Å². The molecule has 0 aliphatic carbocycles. The topological polar surface area (TPSA) is 52.6 Å². The first-order valence-corrected chi connectivity index (χ1v) is 10.2. The van der Waals surface area contributed by atoms with Crippen LogP contribution in [0.4, 0.5) is 0 Å². The van der Waals surface area contributed by atoms with Crippen LogP contribution in [0.2, 0.25) is 0 Å². The summed E-state index contributed by atoms with van der Waals surface area (Å²) in [6.45, 7) is 0. The zero-order valence-corrected chi connectivity index (χ0v) is 16.6. The minimum atomic E-state index is -0.345. The fourth-order valence-electron chi connectivity index (χ4n) is 3.82. The Morgan fingerprint density at radius 2 is 1.33 bits per heavy atom. The van der Waals surface area contributed by atoms with Crippen molar-refractivity contribution >= 4 is 11.8 Å². The lowest BCUT2D eigenvalue weighted by molar-refractivity contribution is -0.101. The third kappa shape index (κ3) is 5.02. The van der Waals surface area contributed by atoms with Gasteiger partial charge in [-0.1, -0.05) is 78.9 Å². The summed E-state index contributed by atoms with van der Waals surface area (Å²) < 4.78 is 12.1. The molecule has 4 heteroatoms. The third-order valence-corrected chi connectivity index (χ3v) is 5.32. The lowest BCUT2D eigenvalue weighted by Gasteiger charge is -2.35. The Labute approximate surface area is 176 Å². The number of esters is 1. The molecule has 30 heavy (non-hydrogen) atoms. The highest BCUT2D eigenvalue weighted by Gasteiger charge is 2.34. The lowest BCUT2D eigenvalue weighted by Crippen LogP contribution is -2.35. The van der Waals surface area contributed by atoms with E-state index in [2.05, 4.69) is 0 Å². The summed E-state index contributed by atoms with van der Waals surface area (Å²) in [5.74, 6) is -0.315. The zero-order valence-electron chi connectivity index (χ0n) is 16.6. The molecule has 1 aliphatic rings. The molecule has 0 aromatic heterocycles. The number of carbonyl (C=O) groups is 2. The second-order valence-corrected chi connectivity index (χ2v) is 7.52. The van der Waals surface area contributed by atoms with Gasteiger partial charge in [0.2, 0.25) is 0 Å².